The van der Waals surface area contributed by atoms with Crippen LogP contribution in [0.15, 0.2) is 36.7 Å². The maximum absolute atomic E-state index is 4.50. The molecule has 0 fully saturated rings. The highest BCUT2D eigenvalue weighted by Crippen LogP contribution is 2.32. The maximum Gasteiger partial charge on any atom is 0.115 e. The molecule has 19 heavy (non-hydrogen) atoms. The minimum absolute atomic E-state index is 0.0993. The van der Waals surface area contributed by atoms with Crippen LogP contribution in [-0.4, -0.2) is 9.97 Å². The summed E-state index contributed by atoms with van der Waals surface area (Å²) in [6, 6.07) is 10.6. The molecule has 0 radical (unpaired) electrons. The van der Waals surface area contributed by atoms with E-state index in [9.17, 15) is 0 Å². The number of hydrogen-bond donors (Lipinski definition) is 0. The van der Waals surface area contributed by atoms with Gasteiger partial charge in [-0.15, -0.1) is 0 Å². The van der Waals surface area contributed by atoms with Crippen LogP contribution in [0, 0.1) is 6.92 Å². The summed E-state index contributed by atoms with van der Waals surface area (Å²) in [5.74, 6) is 0.425. The zero-order chi connectivity index (χ0) is 14.0. The Hall–Kier alpha value is -1.70. The van der Waals surface area contributed by atoms with Gasteiger partial charge in [0.2, 0.25) is 0 Å². The molecule has 0 saturated carbocycles. The van der Waals surface area contributed by atoms with E-state index >= 15 is 0 Å². The first-order valence-corrected chi connectivity index (χ1v) is 6.81. The molecule has 100 valence electrons. The van der Waals surface area contributed by atoms with Gasteiger partial charge in [-0.2, -0.15) is 0 Å². The Morgan fingerprint density at radius 1 is 1.05 bits per heavy atom. The molecule has 0 aliphatic heterocycles. The lowest BCUT2D eigenvalue weighted by molar-refractivity contribution is 0.605. The van der Waals surface area contributed by atoms with Gasteiger partial charge in [0.25, 0.3) is 0 Å². The summed E-state index contributed by atoms with van der Waals surface area (Å²) in [5.41, 5.74) is 4.71. The number of hydrogen-bond acceptors (Lipinski definition) is 2. The monoisotopic (exact) mass is 254 g/mol. The number of rotatable bonds is 3. The van der Waals surface area contributed by atoms with Crippen molar-refractivity contribution in [2.24, 2.45) is 0 Å². The van der Waals surface area contributed by atoms with Crippen LogP contribution in [0.5, 0.6) is 0 Å². The summed E-state index contributed by atoms with van der Waals surface area (Å²) in [5, 5.41) is 0. The largest absolute Gasteiger partial charge is 0.241 e. The van der Waals surface area contributed by atoms with E-state index in [1.54, 1.807) is 6.33 Å². The number of benzene rings is 1. The first kappa shape index (κ1) is 13.7. The molecule has 2 aromatic rings. The summed E-state index contributed by atoms with van der Waals surface area (Å²) < 4.78 is 0. The van der Waals surface area contributed by atoms with Gasteiger partial charge in [-0.3, -0.25) is 0 Å². The van der Waals surface area contributed by atoms with E-state index in [0.29, 0.717) is 5.92 Å². The highest BCUT2D eigenvalue weighted by molar-refractivity contribution is 5.39. The van der Waals surface area contributed by atoms with E-state index in [1.807, 2.05) is 0 Å². The lowest BCUT2D eigenvalue weighted by Crippen LogP contribution is -2.22. The molecule has 0 bridgehead atoms. The molecule has 0 N–H and O–H groups in total. The molecule has 0 atom stereocenters. The van der Waals surface area contributed by atoms with E-state index in [2.05, 4.69) is 74.9 Å². The Labute approximate surface area is 115 Å². The second-order valence-corrected chi connectivity index (χ2v) is 5.92. The molecule has 2 nitrogen and oxygen atoms in total. The van der Waals surface area contributed by atoms with E-state index in [1.165, 1.54) is 11.1 Å². The van der Waals surface area contributed by atoms with Gasteiger partial charge >= 0.3 is 0 Å². The van der Waals surface area contributed by atoms with Gasteiger partial charge in [-0.1, -0.05) is 52.0 Å². The standard InChI is InChI=1S/C17H22N2/c1-12(2)15-10-16(19-11-18-15)17(4,5)14-9-7-6-8-13(14)3/h6-12H,1-5H3. The van der Waals surface area contributed by atoms with Crippen LogP contribution in [0.25, 0.3) is 0 Å². The number of nitrogens with zero attached hydrogens (tertiary/aromatic N) is 2. The van der Waals surface area contributed by atoms with Crippen LogP contribution < -0.4 is 0 Å². The van der Waals surface area contributed by atoms with E-state index in [4.69, 9.17) is 0 Å². The molecule has 0 saturated heterocycles. The first-order chi connectivity index (χ1) is 8.93. The minimum Gasteiger partial charge on any atom is -0.241 e. The van der Waals surface area contributed by atoms with Gasteiger partial charge in [-0.25, -0.2) is 9.97 Å². The summed E-state index contributed by atoms with van der Waals surface area (Å²) in [7, 11) is 0. The topological polar surface area (TPSA) is 25.8 Å². The molecule has 0 spiro atoms. The Morgan fingerprint density at radius 2 is 1.74 bits per heavy atom. The molecule has 2 heteroatoms. The van der Waals surface area contributed by atoms with E-state index < -0.39 is 0 Å². The lowest BCUT2D eigenvalue weighted by atomic mass is 9.79. The summed E-state index contributed by atoms with van der Waals surface area (Å²) >= 11 is 0. The van der Waals surface area contributed by atoms with Crippen molar-refractivity contribution in [3.63, 3.8) is 0 Å². The molecule has 1 heterocycles. The Balaban J connectivity index is 2.50. The van der Waals surface area contributed by atoms with Gasteiger partial charge in [0.15, 0.2) is 0 Å². The molecule has 2 rings (SSSR count). The zero-order valence-electron chi connectivity index (χ0n) is 12.4. The molecule has 0 unspecified atom stereocenters. The Morgan fingerprint density at radius 3 is 2.37 bits per heavy atom. The highest BCUT2D eigenvalue weighted by Gasteiger charge is 2.26. The van der Waals surface area contributed by atoms with Gasteiger partial charge in [0.1, 0.15) is 6.33 Å². The van der Waals surface area contributed by atoms with Crippen LogP contribution in [0.3, 0.4) is 0 Å². The third kappa shape index (κ3) is 2.67. The smallest absolute Gasteiger partial charge is 0.115 e. The van der Waals surface area contributed by atoms with Gasteiger partial charge < -0.3 is 0 Å². The molecular formula is C17H22N2. The van der Waals surface area contributed by atoms with Crippen LogP contribution >= 0.6 is 0 Å². The third-order valence-electron chi connectivity index (χ3n) is 3.74. The van der Waals surface area contributed by atoms with Crippen molar-refractivity contribution < 1.29 is 0 Å². The molecule has 0 aliphatic carbocycles. The van der Waals surface area contributed by atoms with Crippen molar-refractivity contribution in [3.8, 4) is 0 Å². The Bertz CT molecular complexity index is 571. The third-order valence-corrected chi connectivity index (χ3v) is 3.74. The average Bonchev–Trinajstić information content (AvgIpc) is 2.39. The number of aryl methyl sites for hydroxylation is 1. The van der Waals surface area contributed by atoms with Crippen molar-refractivity contribution >= 4 is 0 Å². The maximum atomic E-state index is 4.50. The molecule has 1 aromatic heterocycles. The van der Waals surface area contributed by atoms with Crippen molar-refractivity contribution in [1.82, 2.24) is 9.97 Å². The SMILES string of the molecule is Cc1ccccc1C(C)(C)c1cc(C(C)C)ncn1. The summed E-state index contributed by atoms with van der Waals surface area (Å²) in [6.45, 7) is 10.9. The van der Waals surface area contributed by atoms with Crippen molar-refractivity contribution in [3.05, 3.63) is 59.2 Å². The molecule has 0 amide bonds. The summed E-state index contributed by atoms with van der Waals surface area (Å²) in [6.07, 6.45) is 1.69. The van der Waals surface area contributed by atoms with Crippen LogP contribution in [0.2, 0.25) is 0 Å². The van der Waals surface area contributed by atoms with E-state index in [0.717, 1.165) is 11.4 Å². The van der Waals surface area contributed by atoms with Crippen molar-refractivity contribution in [2.75, 3.05) is 0 Å². The minimum atomic E-state index is -0.0993. The predicted molar refractivity (Wildman–Crippen MR) is 79.4 cm³/mol. The van der Waals surface area contributed by atoms with Gasteiger partial charge in [0.05, 0.1) is 5.69 Å². The fraction of sp³-hybridized carbons (Fsp3) is 0.412. The predicted octanol–water partition coefficient (Wildman–Crippen LogP) is 4.23. The van der Waals surface area contributed by atoms with Crippen molar-refractivity contribution in [1.29, 1.82) is 0 Å². The quantitative estimate of drug-likeness (QED) is 0.819. The molecular weight excluding hydrogens is 232 g/mol. The zero-order valence-corrected chi connectivity index (χ0v) is 12.4. The second kappa shape index (κ2) is 5.12. The second-order valence-electron chi connectivity index (χ2n) is 5.92. The number of aromatic nitrogens is 2. The lowest BCUT2D eigenvalue weighted by Gasteiger charge is -2.27. The van der Waals surface area contributed by atoms with Gasteiger partial charge in [0, 0.05) is 11.1 Å². The van der Waals surface area contributed by atoms with Crippen LogP contribution in [0.4, 0.5) is 0 Å². The first-order valence-electron chi connectivity index (χ1n) is 6.81. The average molecular weight is 254 g/mol. The molecule has 1 aromatic carbocycles. The van der Waals surface area contributed by atoms with Gasteiger partial charge in [-0.05, 0) is 30.0 Å². The fourth-order valence-electron chi connectivity index (χ4n) is 2.44. The highest BCUT2D eigenvalue weighted by atomic mass is 14.8. The van der Waals surface area contributed by atoms with Crippen LogP contribution in [-0.2, 0) is 5.41 Å². The van der Waals surface area contributed by atoms with Crippen LogP contribution in [0.1, 0.15) is 56.1 Å². The fourth-order valence-corrected chi connectivity index (χ4v) is 2.44. The normalized spacial score (nSPS) is 11.9. The van der Waals surface area contributed by atoms with E-state index in [-0.39, 0.29) is 5.41 Å². The molecule has 0 aliphatic rings. The van der Waals surface area contributed by atoms with Crippen molar-refractivity contribution in [2.45, 2.75) is 46.0 Å². The summed E-state index contributed by atoms with van der Waals surface area (Å²) in [4.78, 5) is 8.86. The Kier molecular flexibility index (Phi) is 3.70.